The molecule has 0 saturated heterocycles. The molecule has 0 atom stereocenters. The van der Waals surface area contributed by atoms with E-state index in [2.05, 4.69) is 26.1 Å². The zero-order chi connectivity index (χ0) is 10.3. The molecule has 2 rings (SSSR count). The fourth-order valence-corrected chi connectivity index (χ4v) is 1.52. The Labute approximate surface area is 85.2 Å². The third-order valence-electron chi connectivity index (χ3n) is 1.84. The van der Waals surface area contributed by atoms with Crippen LogP contribution in [-0.2, 0) is 0 Å². The van der Waals surface area contributed by atoms with Gasteiger partial charge in [0.15, 0.2) is 0 Å². The van der Waals surface area contributed by atoms with Crippen LogP contribution in [0.5, 0.6) is 0 Å². The number of halogens is 4. The lowest BCUT2D eigenvalue weighted by molar-refractivity contribution is 0.147. The first-order valence-corrected chi connectivity index (χ1v) is 4.50. The van der Waals surface area contributed by atoms with E-state index in [0.29, 0.717) is 5.52 Å². The number of benzene rings is 1. The highest BCUT2D eigenvalue weighted by Crippen LogP contribution is 2.28. The first-order chi connectivity index (χ1) is 6.59. The van der Waals surface area contributed by atoms with Gasteiger partial charge >= 0.3 is 0 Å². The van der Waals surface area contributed by atoms with Gasteiger partial charge in [-0.2, -0.15) is 5.10 Å². The lowest BCUT2D eigenvalue weighted by atomic mass is 10.2. The Morgan fingerprint density at radius 2 is 2.07 bits per heavy atom. The van der Waals surface area contributed by atoms with Crippen LogP contribution in [0.3, 0.4) is 0 Å². The average Bonchev–Trinajstić information content (AvgIpc) is 2.48. The van der Waals surface area contributed by atoms with Crippen LogP contribution in [-0.4, -0.2) is 10.2 Å². The summed E-state index contributed by atoms with van der Waals surface area (Å²) in [6.45, 7) is 0. The van der Waals surface area contributed by atoms with Gasteiger partial charge in [-0.25, -0.2) is 13.2 Å². The van der Waals surface area contributed by atoms with Crippen LogP contribution in [0.2, 0.25) is 0 Å². The van der Waals surface area contributed by atoms with Crippen molar-refractivity contribution in [3.63, 3.8) is 0 Å². The number of aromatic amines is 1. The monoisotopic (exact) mass is 264 g/mol. The van der Waals surface area contributed by atoms with E-state index in [0.717, 1.165) is 6.07 Å². The van der Waals surface area contributed by atoms with Gasteiger partial charge in [-0.3, -0.25) is 5.10 Å². The van der Waals surface area contributed by atoms with Crippen molar-refractivity contribution in [1.29, 1.82) is 0 Å². The maximum absolute atomic E-state index is 13.0. The van der Waals surface area contributed by atoms with E-state index in [-0.39, 0.29) is 15.6 Å². The van der Waals surface area contributed by atoms with Crippen LogP contribution < -0.4 is 0 Å². The Morgan fingerprint density at radius 1 is 1.36 bits per heavy atom. The summed E-state index contributed by atoms with van der Waals surface area (Å²) < 4.78 is 38.0. The Bertz CT molecular complexity index is 481. The molecule has 1 aromatic heterocycles. The minimum absolute atomic E-state index is 0.112. The number of hydrogen-bond acceptors (Lipinski definition) is 1. The number of hydrogen-bond donors (Lipinski definition) is 1. The standard InChI is InChI=1S/C8H4BrF3N2/c9-4-2-6-3(1-5(4)10)7(8(11)12)14-13-6/h1-2,8H,(H,13,14). The summed E-state index contributed by atoms with van der Waals surface area (Å²) in [6, 6.07) is 2.39. The summed E-state index contributed by atoms with van der Waals surface area (Å²) in [6.07, 6.45) is -2.68. The SMILES string of the molecule is Fc1cc2c(C(F)F)[nH]nc2cc1Br. The van der Waals surface area contributed by atoms with Crippen molar-refractivity contribution in [2.24, 2.45) is 0 Å². The highest BCUT2D eigenvalue weighted by molar-refractivity contribution is 9.10. The molecule has 0 amide bonds. The van der Waals surface area contributed by atoms with Gasteiger partial charge in [0, 0.05) is 5.39 Å². The van der Waals surface area contributed by atoms with Gasteiger partial charge in [0.2, 0.25) is 0 Å². The molecule has 0 fully saturated rings. The molecule has 0 aliphatic heterocycles. The van der Waals surface area contributed by atoms with Crippen molar-refractivity contribution in [3.8, 4) is 0 Å². The lowest BCUT2D eigenvalue weighted by Gasteiger charge is -1.96. The van der Waals surface area contributed by atoms with Crippen LogP contribution in [0.25, 0.3) is 10.9 Å². The summed E-state index contributed by atoms with van der Waals surface area (Å²) in [4.78, 5) is 0. The second-order valence-electron chi connectivity index (χ2n) is 2.72. The number of H-pyrrole nitrogens is 1. The molecule has 74 valence electrons. The highest BCUT2D eigenvalue weighted by atomic mass is 79.9. The predicted molar refractivity (Wildman–Crippen MR) is 48.7 cm³/mol. The van der Waals surface area contributed by atoms with Crippen LogP contribution in [0.1, 0.15) is 12.1 Å². The second kappa shape index (κ2) is 3.27. The minimum Gasteiger partial charge on any atom is -0.276 e. The Morgan fingerprint density at radius 3 is 2.71 bits per heavy atom. The maximum Gasteiger partial charge on any atom is 0.280 e. The number of alkyl halides is 2. The van der Waals surface area contributed by atoms with Gasteiger partial charge in [0.25, 0.3) is 6.43 Å². The molecule has 1 aromatic carbocycles. The largest absolute Gasteiger partial charge is 0.280 e. The number of aromatic nitrogens is 2. The van der Waals surface area contributed by atoms with Crippen molar-refractivity contribution in [2.75, 3.05) is 0 Å². The number of fused-ring (bicyclic) bond motifs is 1. The van der Waals surface area contributed by atoms with Crippen LogP contribution in [0.4, 0.5) is 13.2 Å². The first-order valence-electron chi connectivity index (χ1n) is 3.70. The zero-order valence-electron chi connectivity index (χ0n) is 6.69. The van der Waals surface area contributed by atoms with E-state index in [1.54, 1.807) is 0 Å². The average molecular weight is 265 g/mol. The summed E-state index contributed by atoms with van der Waals surface area (Å²) in [5, 5.41) is 5.93. The summed E-state index contributed by atoms with van der Waals surface area (Å²) in [5.74, 6) is -0.583. The summed E-state index contributed by atoms with van der Waals surface area (Å²) >= 11 is 2.95. The highest BCUT2D eigenvalue weighted by Gasteiger charge is 2.16. The third kappa shape index (κ3) is 1.39. The van der Waals surface area contributed by atoms with Gasteiger partial charge in [0.1, 0.15) is 11.5 Å². The Kier molecular flexibility index (Phi) is 2.22. The molecule has 14 heavy (non-hydrogen) atoms. The molecule has 0 spiro atoms. The first kappa shape index (κ1) is 9.51. The molecule has 0 saturated carbocycles. The quantitative estimate of drug-likeness (QED) is 0.841. The molecule has 0 radical (unpaired) electrons. The van der Waals surface area contributed by atoms with Crippen molar-refractivity contribution >= 4 is 26.8 Å². The Hall–Kier alpha value is -1.04. The molecule has 1 heterocycles. The van der Waals surface area contributed by atoms with Gasteiger partial charge in [-0.1, -0.05) is 0 Å². The second-order valence-corrected chi connectivity index (χ2v) is 3.58. The van der Waals surface area contributed by atoms with Gasteiger partial charge < -0.3 is 0 Å². The zero-order valence-corrected chi connectivity index (χ0v) is 8.28. The van der Waals surface area contributed by atoms with E-state index in [1.807, 2.05) is 0 Å². The lowest BCUT2D eigenvalue weighted by Crippen LogP contribution is -1.85. The Balaban J connectivity index is 2.74. The summed E-state index contributed by atoms with van der Waals surface area (Å²) in [7, 11) is 0. The van der Waals surface area contributed by atoms with E-state index >= 15 is 0 Å². The normalized spacial score (nSPS) is 11.5. The maximum atomic E-state index is 13.0. The van der Waals surface area contributed by atoms with E-state index in [4.69, 9.17) is 0 Å². The van der Waals surface area contributed by atoms with E-state index in [9.17, 15) is 13.2 Å². The van der Waals surface area contributed by atoms with Crippen molar-refractivity contribution < 1.29 is 13.2 Å². The van der Waals surface area contributed by atoms with E-state index < -0.39 is 12.2 Å². The molecule has 0 unspecified atom stereocenters. The molecule has 2 aromatic rings. The minimum atomic E-state index is -2.68. The van der Waals surface area contributed by atoms with Gasteiger partial charge in [0.05, 0.1) is 9.99 Å². The molecule has 0 aliphatic carbocycles. The number of nitrogens with zero attached hydrogens (tertiary/aromatic N) is 1. The molecule has 0 aliphatic rings. The molecule has 2 nitrogen and oxygen atoms in total. The van der Waals surface area contributed by atoms with Crippen LogP contribution in [0.15, 0.2) is 16.6 Å². The summed E-state index contributed by atoms with van der Waals surface area (Å²) in [5.41, 5.74) is -0.0417. The fraction of sp³-hybridized carbons (Fsp3) is 0.125. The molecular weight excluding hydrogens is 261 g/mol. The van der Waals surface area contributed by atoms with E-state index in [1.165, 1.54) is 6.07 Å². The molecular formula is C8H4BrF3N2. The van der Waals surface area contributed by atoms with Crippen LogP contribution in [0, 0.1) is 5.82 Å². The van der Waals surface area contributed by atoms with Gasteiger partial charge in [-0.05, 0) is 28.1 Å². The number of rotatable bonds is 1. The van der Waals surface area contributed by atoms with Crippen molar-refractivity contribution in [3.05, 3.63) is 28.1 Å². The fourth-order valence-electron chi connectivity index (χ4n) is 1.19. The van der Waals surface area contributed by atoms with Crippen molar-refractivity contribution in [1.82, 2.24) is 10.2 Å². The van der Waals surface area contributed by atoms with Crippen LogP contribution >= 0.6 is 15.9 Å². The third-order valence-corrected chi connectivity index (χ3v) is 2.45. The topological polar surface area (TPSA) is 28.7 Å². The molecule has 0 bridgehead atoms. The molecule has 6 heteroatoms. The molecule has 1 N–H and O–H groups in total. The smallest absolute Gasteiger partial charge is 0.276 e. The number of nitrogens with one attached hydrogen (secondary N) is 1. The van der Waals surface area contributed by atoms with Gasteiger partial charge in [-0.15, -0.1) is 0 Å². The predicted octanol–water partition coefficient (Wildman–Crippen LogP) is 3.40. The van der Waals surface area contributed by atoms with Crippen molar-refractivity contribution in [2.45, 2.75) is 6.43 Å².